The number of nitrogens with one attached hydrogen (secondary N) is 1. The zero-order chi connectivity index (χ0) is 15.2. The van der Waals surface area contributed by atoms with Gasteiger partial charge in [-0.15, -0.1) is 11.3 Å². The van der Waals surface area contributed by atoms with Crippen LogP contribution in [0, 0.1) is 6.92 Å². The minimum absolute atomic E-state index is 0.136. The maximum atomic E-state index is 5.36. The van der Waals surface area contributed by atoms with Crippen LogP contribution in [0.4, 0.5) is 0 Å². The minimum atomic E-state index is -0.136. The van der Waals surface area contributed by atoms with E-state index >= 15 is 0 Å². The Morgan fingerprint density at radius 2 is 2.10 bits per heavy atom. The maximum absolute atomic E-state index is 5.36. The zero-order valence-electron chi connectivity index (χ0n) is 12.7. The molecular formula is C14H20N4O2S. The molecule has 7 heteroatoms. The van der Waals surface area contributed by atoms with Gasteiger partial charge in [0.15, 0.2) is 0 Å². The first-order chi connectivity index (χ1) is 10.2. The SMILES string of the molecule is CCCNC(c1csc(C)n1)c1ncc(OC)nc1OC. The topological polar surface area (TPSA) is 69.2 Å². The number of aromatic nitrogens is 3. The Labute approximate surface area is 128 Å². The summed E-state index contributed by atoms with van der Waals surface area (Å²) in [6.45, 7) is 4.97. The predicted molar refractivity (Wildman–Crippen MR) is 82.1 cm³/mol. The van der Waals surface area contributed by atoms with Crippen LogP contribution in [-0.4, -0.2) is 35.7 Å². The van der Waals surface area contributed by atoms with Crippen molar-refractivity contribution in [1.29, 1.82) is 0 Å². The molecule has 21 heavy (non-hydrogen) atoms. The molecule has 6 nitrogen and oxygen atoms in total. The Balaban J connectivity index is 2.40. The molecule has 0 saturated heterocycles. The molecule has 0 fully saturated rings. The fraction of sp³-hybridized carbons (Fsp3) is 0.500. The van der Waals surface area contributed by atoms with Crippen LogP contribution in [-0.2, 0) is 0 Å². The normalized spacial score (nSPS) is 12.2. The fourth-order valence-electron chi connectivity index (χ4n) is 1.96. The van der Waals surface area contributed by atoms with Crippen LogP contribution in [0.2, 0.25) is 0 Å². The molecule has 0 aliphatic rings. The van der Waals surface area contributed by atoms with E-state index in [1.54, 1.807) is 31.8 Å². The van der Waals surface area contributed by atoms with Gasteiger partial charge in [-0.2, -0.15) is 4.98 Å². The van der Waals surface area contributed by atoms with Crippen molar-refractivity contribution in [1.82, 2.24) is 20.3 Å². The van der Waals surface area contributed by atoms with Gasteiger partial charge in [-0.05, 0) is 19.9 Å². The summed E-state index contributed by atoms with van der Waals surface area (Å²) in [5.74, 6) is 0.882. The summed E-state index contributed by atoms with van der Waals surface area (Å²) in [6.07, 6.45) is 2.61. The lowest BCUT2D eigenvalue weighted by Crippen LogP contribution is -2.25. The van der Waals surface area contributed by atoms with Gasteiger partial charge in [0.05, 0.1) is 37.2 Å². The average molecular weight is 308 g/mol. The molecule has 2 aromatic rings. The molecule has 1 atom stereocenters. The van der Waals surface area contributed by atoms with Crippen LogP contribution in [0.15, 0.2) is 11.6 Å². The van der Waals surface area contributed by atoms with Crippen LogP contribution in [0.1, 0.15) is 35.8 Å². The summed E-state index contributed by atoms with van der Waals surface area (Å²) in [5, 5.41) is 6.51. The molecule has 1 unspecified atom stereocenters. The molecule has 0 aliphatic heterocycles. The molecule has 0 spiro atoms. The molecule has 2 heterocycles. The standard InChI is InChI=1S/C14H20N4O2S/c1-5-6-15-12(10-8-21-9(2)17-10)13-14(20-4)18-11(19-3)7-16-13/h7-8,12,15H,5-6H2,1-4H3. The molecule has 2 rings (SSSR count). The Morgan fingerprint density at radius 1 is 1.29 bits per heavy atom. The van der Waals surface area contributed by atoms with Crippen LogP contribution in [0.3, 0.4) is 0 Å². The van der Waals surface area contributed by atoms with Gasteiger partial charge in [0.25, 0.3) is 0 Å². The van der Waals surface area contributed by atoms with Crippen LogP contribution < -0.4 is 14.8 Å². The summed E-state index contributed by atoms with van der Waals surface area (Å²) in [6, 6.07) is -0.136. The number of rotatable bonds is 7. The second-order valence-electron chi connectivity index (χ2n) is 4.49. The van der Waals surface area contributed by atoms with Crippen molar-refractivity contribution in [3.8, 4) is 11.8 Å². The molecular weight excluding hydrogens is 288 g/mol. The Hall–Kier alpha value is -1.73. The van der Waals surface area contributed by atoms with E-state index in [2.05, 4.69) is 27.2 Å². The summed E-state index contributed by atoms with van der Waals surface area (Å²) in [4.78, 5) is 13.3. The third kappa shape index (κ3) is 3.68. The van der Waals surface area contributed by atoms with Crippen molar-refractivity contribution in [2.45, 2.75) is 26.3 Å². The van der Waals surface area contributed by atoms with Crippen LogP contribution in [0.25, 0.3) is 0 Å². The van der Waals surface area contributed by atoms with Gasteiger partial charge >= 0.3 is 0 Å². The Morgan fingerprint density at radius 3 is 2.67 bits per heavy atom. The number of hydrogen-bond donors (Lipinski definition) is 1. The lowest BCUT2D eigenvalue weighted by atomic mass is 10.1. The van der Waals surface area contributed by atoms with Crippen LogP contribution >= 0.6 is 11.3 Å². The largest absolute Gasteiger partial charge is 0.480 e. The molecule has 0 aromatic carbocycles. The highest BCUT2D eigenvalue weighted by molar-refractivity contribution is 7.09. The molecule has 0 bridgehead atoms. The molecule has 0 amide bonds. The molecule has 0 radical (unpaired) electrons. The van der Waals surface area contributed by atoms with E-state index in [1.165, 1.54) is 0 Å². The Bertz CT molecular complexity index is 588. The van der Waals surface area contributed by atoms with E-state index in [9.17, 15) is 0 Å². The van der Waals surface area contributed by atoms with E-state index in [4.69, 9.17) is 9.47 Å². The fourth-order valence-corrected chi connectivity index (χ4v) is 2.59. The first kappa shape index (κ1) is 15.7. The lowest BCUT2D eigenvalue weighted by molar-refractivity contribution is 0.352. The summed E-state index contributed by atoms with van der Waals surface area (Å²) >= 11 is 1.62. The number of methoxy groups -OCH3 is 2. The molecule has 0 saturated carbocycles. The molecule has 1 N–H and O–H groups in total. The second kappa shape index (κ2) is 7.33. The number of aryl methyl sites for hydroxylation is 1. The quantitative estimate of drug-likeness (QED) is 0.847. The van der Waals surface area contributed by atoms with Crippen molar-refractivity contribution in [2.24, 2.45) is 0 Å². The number of hydrogen-bond acceptors (Lipinski definition) is 7. The third-order valence-corrected chi connectivity index (χ3v) is 3.74. The van der Waals surface area contributed by atoms with Gasteiger partial charge in [0, 0.05) is 5.38 Å². The predicted octanol–water partition coefficient (Wildman–Crippen LogP) is 2.35. The van der Waals surface area contributed by atoms with Gasteiger partial charge in [-0.25, -0.2) is 9.97 Å². The van der Waals surface area contributed by atoms with Crippen molar-refractivity contribution < 1.29 is 9.47 Å². The first-order valence-corrected chi connectivity index (χ1v) is 7.67. The Kier molecular flexibility index (Phi) is 5.46. The number of nitrogens with zero attached hydrogens (tertiary/aromatic N) is 3. The van der Waals surface area contributed by atoms with E-state index in [1.807, 2.05) is 12.3 Å². The van der Waals surface area contributed by atoms with Gasteiger partial charge < -0.3 is 14.8 Å². The highest BCUT2D eigenvalue weighted by Crippen LogP contribution is 2.29. The van der Waals surface area contributed by atoms with Gasteiger partial charge in [0.2, 0.25) is 11.8 Å². The van der Waals surface area contributed by atoms with Gasteiger partial charge in [0.1, 0.15) is 5.69 Å². The van der Waals surface area contributed by atoms with Crippen molar-refractivity contribution in [3.63, 3.8) is 0 Å². The van der Waals surface area contributed by atoms with E-state index < -0.39 is 0 Å². The third-order valence-electron chi connectivity index (χ3n) is 2.95. The van der Waals surface area contributed by atoms with Gasteiger partial charge in [-0.1, -0.05) is 6.92 Å². The van der Waals surface area contributed by atoms with Crippen molar-refractivity contribution in [2.75, 3.05) is 20.8 Å². The highest BCUT2D eigenvalue weighted by atomic mass is 32.1. The maximum Gasteiger partial charge on any atom is 0.240 e. The molecule has 114 valence electrons. The van der Waals surface area contributed by atoms with E-state index in [-0.39, 0.29) is 6.04 Å². The van der Waals surface area contributed by atoms with E-state index in [0.717, 1.165) is 29.4 Å². The highest BCUT2D eigenvalue weighted by Gasteiger charge is 2.23. The van der Waals surface area contributed by atoms with Crippen molar-refractivity contribution in [3.05, 3.63) is 28.0 Å². The number of thiazole rings is 1. The number of ether oxygens (including phenoxy) is 2. The second-order valence-corrected chi connectivity index (χ2v) is 5.55. The molecule has 2 aromatic heterocycles. The lowest BCUT2D eigenvalue weighted by Gasteiger charge is -2.18. The molecule has 0 aliphatic carbocycles. The first-order valence-electron chi connectivity index (χ1n) is 6.79. The average Bonchev–Trinajstić information content (AvgIpc) is 2.94. The van der Waals surface area contributed by atoms with E-state index in [0.29, 0.717) is 11.8 Å². The van der Waals surface area contributed by atoms with Gasteiger partial charge in [-0.3, -0.25) is 0 Å². The smallest absolute Gasteiger partial charge is 0.240 e. The zero-order valence-corrected chi connectivity index (χ0v) is 13.5. The monoisotopic (exact) mass is 308 g/mol. The van der Waals surface area contributed by atoms with Crippen molar-refractivity contribution >= 4 is 11.3 Å². The minimum Gasteiger partial charge on any atom is -0.480 e. The van der Waals surface area contributed by atoms with Crippen LogP contribution in [0.5, 0.6) is 11.8 Å². The summed E-state index contributed by atoms with van der Waals surface area (Å²) in [7, 11) is 3.13. The summed E-state index contributed by atoms with van der Waals surface area (Å²) < 4.78 is 10.5. The summed E-state index contributed by atoms with van der Waals surface area (Å²) in [5.41, 5.74) is 1.65.